The summed E-state index contributed by atoms with van der Waals surface area (Å²) in [4.78, 5) is 11.9. The number of rotatable bonds is 7. The first-order valence-corrected chi connectivity index (χ1v) is 8.80. The highest BCUT2D eigenvalue weighted by molar-refractivity contribution is 6.42. The van der Waals surface area contributed by atoms with Crippen LogP contribution in [0.2, 0.25) is 10.0 Å². The smallest absolute Gasteiger partial charge is 0.237 e. The van der Waals surface area contributed by atoms with Crippen LogP contribution in [0.25, 0.3) is 11.1 Å². The highest BCUT2D eigenvalue weighted by Crippen LogP contribution is 2.28. The fraction of sp³-hybridized carbons (Fsp3) is 0.316. The second-order valence-electron chi connectivity index (χ2n) is 5.62. The van der Waals surface area contributed by atoms with Crippen LogP contribution in [-0.4, -0.2) is 25.5 Å². The Kier molecular flexibility index (Phi) is 7.10. The normalized spacial score (nSPS) is 12.0. The third-order valence-electron chi connectivity index (χ3n) is 3.99. The molecule has 0 bridgehead atoms. The molecule has 2 aromatic carbocycles. The lowest BCUT2D eigenvalue weighted by Crippen LogP contribution is -2.42. The molecule has 0 spiro atoms. The minimum atomic E-state index is -0.123. The summed E-state index contributed by atoms with van der Waals surface area (Å²) in [6.45, 7) is 2.62. The van der Waals surface area contributed by atoms with Crippen molar-refractivity contribution in [3.05, 3.63) is 58.1 Å². The zero-order chi connectivity index (χ0) is 17.5. The molecule has 1 amide bonds. The summed E-state index contributed by atoms with van der Waals surface area (Å²) in [5.74, 6) is 0.0485. The van der Waals surface area contributed by atoms with Crippen molar-refractivity contribution in [1.29, 1.82) is 0 Å². The summed E-state index contributed by atoms with van der Waals surface area (Å²) in [6, 6.07) is 13.7. The summed E-state index contributed by atoms with van der Waals surface area (Å²) in [7, 11) is 1.80. The molecule has 0 aromatic heterocycles. The minimum absolute atomic E-state index is 0.0485. The number of amides is 1. The molecule has 2 N–H and O–H groups in total. The van der Waals surface area contributed by atoms with Gasteiger partial charge in [-0.2, -0.15) is 0 Å². The highest BCUT2D eigenvalue weighted by Gasteiger charge is 2.12. The highest BCUT2D eigenvalue weighted by atomic mass is 35.5. The molecule has 24 heavy (non-hydrogen) atoms. The predicted octanol–water partition coefficient (Wildman–Crippen LogP) is 4.32. The van der Waals surface area contributed by atoms with E-state index in [1.165, 1.54) is 5.56 Å². The summed E-state index contributed by atoms with van der Waals surface area (Å²) in [6.07, 6.45) is 1.58. The van der Waals surface area contributed by atoms with E-state index in [0.29, 0.717) is 16.6 Å². The Labute approximate surface area is 153 Å². The van der Waals surface area contributed by atoms with Gasteiger partial charge in [-0.3, -0.25) is 4.79 Å². The van der Waals surface area contributed by atoms with Crippen LogP contribution in [0.5, 0.6) is 0 Å². The second-order valence-corrected chi connectivity index (χ2v) is 6.43. The van der Waals surface area contributed by atoms with Gasteiger partial charge in [-0.15, -0.1) is 0 Å². The Balaban J connectivity index is 1.92. The van der Waals surface area contributed by atoms with Gasteiger partial charge in [-0.25, -0.2) is 0 Å². The molecular weight excluding hydrogens is 343 g/mol. The van der Waals surface area contributed by atoms with Gasteiger partial charge >= 0.3 is 0 Å². The number of benzene rings is 2. The molecule has 0 saturated heterocycles. The lowest BCUT2D eigenvalue weighted by atomic mass is 10.0. The third kappa shape index (κ3) is 4.97. The van der Waals surface area contributed by atoms with Crippen LogP contribution in [0.15, 0.2) is 42.5 Å². The fourth-order valence-electron chi connectivity index (χ4n) is 2.51. The van der Waals surface area contributed by atoms with Gasteiger partial charge in [-0.1, -0.05) is 60.5 Å². The van der Waals surface area contributed by atoms with Crippen molar-refractivity contribution in [3.63, 3.8) is 0 Å². The lowest BCUT2D eigenvalue weighted by molar-refractivity contribution is -0.123. The van der Waals surface area contributed by atoms with E-state index < -0.39 is 0 Å². The van der Waals surface area contributed by atoms with Crippen LogP contribution >= 0.6 is 23.2 Å². The van der Waals surface area contributed by atoms with Crippen molar-refractivity contribution in [2.24, 2.45) is 0 Å². The number of nitrogens with one attached hydrogen (secondary N) is 2. The quantitative estimate of drug-likeness (QED) is 0.767. The number of carbonyl (C=O) groups is 1. The van der Waals surface area contributed by atoms with Gasteiger partial charge in [0.15, 0.2) is 0 Å². The van der Waals surface area contributed by atoms with Crippen LogP contribution in [0.1, 0.15) is 18.9 Å². The largest absolute Gasteiger partial charge is 0.354 e. The number of likely N-dealkylation sites (N-methyl/N-ethyl adjacent to an activating group) is 1. The molecule has 0 radical (unpaired) electrons. The van der Waals surface area contributed by atoms with Gasteiger partial charge in [0.25, 0.3) is 0 Å². The zero-order valence-corrected chi connectivity index (χ0v) is 15.4. The van der Waals surface area contributed by atoms with Crippen molar-refractivity contribution in [1.82, 2.24) is 10.6 Å². The van der Waals surface area contributed by atoms with Gasteiger partial charge in [-0.05, 0) is 48.7 Å². The second kappa shape index (κ2) is 9.07. The van der Waals surface area contributed by atoms with Gasteiger partial charge in [0, 0.05) is 6.54 Å². The van der Waals surface area contributed by atoms with E-state index in [4.69, 9.17) is 23.2 Å². The number of hydrogen-bond donors (Lipinski definition) is 2. The van der Waals surface area contributed by atoms with Crippen molar-refractivity contribution >= 4 is 29.1 Å². The summed E-state index contributed by atoms with van der Waals surface area (Å²) < 4.78 is 0. The molecule has 2 rings (SSSR count). The van der Waals surface area contributed by atoms with Crippen LogP contribution in [0, 0.1) is 0 Å². The maximum Gasteiger partial charge on any atom is 0.237 e. The van der Waals surface area contributed by atoms with E-state index >= 15 is 0 Å². The Hall–Kier alpha value is -1.55. The minimum Gasteiger partial charge on any atom is -0.354 e. The van der Waals surface area contributed by atoms with E-state index in [0.717, 1.165) is 24.0 Å². The number of carbonyl (C=O) groups excluding carboxylic acids is 1. The van der Waals surface area contributed by atoms with Gasteiger partial charge in [0.2, 0.25) is 5.91 Å². The Morgan fingerprint density at radius 2 is 1.71 bits per heavy atom. The van der Waals surface area contributed by atoms with E-state index in [1.807, 2.05) is 19.1 Å². The molecule has 128 valence electrons. The number of halogens is 2. The molecular formula is C19H22Cl2N2O. The summed E-state index contributed by atoms with van der Waals surface area (Å²) >= 11 is 12.0. The van der Waals surface area contributed by atoms with E-state index in [2.05, 4.69) is 34.9 Å². The van der Waals surface area contributed by atoms with E-state index in [1.54, 1.807) is 13.1 Å². The Morgan fingerprint density at radius 1 is 1.04 bits per heavy atom. The molecule has 1 atom stereocenters. The van der Waals surface area contributed by atoms with Crippen LogP contribution in [-0.2, 0) is 11.2 Å². The Bertz CT molecular complexity index is 682. The van der Waals surface area contributed by atoms with Crippen molar-refractivity contribution in [2.75, 3.05) is 13.6 Å². The molecule has 0 fully saturated rings. The summed E-state index contributed by atoms with van der Waals surface area (Å²) in [5, 5.41) is 7.07. The maximum absolute atomic E-state index is 11.9. The Morgan fingerprint density at radius 3 is 2.29 bits per heavy atom. The molecule has 2 aromatic rings. The topological polar surface area (TPSA) is 41.1 Å². The third-order valence-corrected chi connectivity index (χ3v) is 4.73. The molecule has 3 nitrogen and oxygen atoms in total. The average molecular weight is 365 g/mol. The monoisotopic (exact) mass is 364 g/mol. The van der Waals surface area contributed by atoms with Gasteiger partial charge in [0.1, 0.15) is 0 Å². The van der Waals surface area contributed by atoms with Crippen LogP contribution in [0.4, 0.5) is 0 Å². The molecule has 0 saturated carbocycles. The summed E-state index contributed by atoms with van der Waals surface area (Å²) in [5.41, 5.74) is 3.29. The maximum atomic E-state index is 11.9. The fourth-order valence-corrected chi connectivity index (χ4v) is 2.81. The number of hydrogen-bond acceptors (Lipinski definition) is 2. The molecule has 0 aliphatic carbocycles. The molecule has 5 heteroatoms. The first-order valence-electron chi connectivity index (χ1n) is 8.04. The van der Waals surface area contributed by atoms with Gasteiger partial charge in [0.05, 0.1) is 16.1 Å². The molecule has 0 aliphatic heterocycles. The lowest BCUT2D eigenvalue weighted by Gasteiger charge is -2.13. The molecule has 0 unspecified atom stereocenters. The van der Waals surface area contributed by atoms with Gasteiger partial charge < -0.3 is 10.6 Å². The molecule has 0 aliphatic rings. The first-order chi connectivity index (χ1) is 11.5. The SMILES string of the molecule is CC[C@H](NC)C(=O)NCCc1ccc(-c2ccc(Cl)c(Cl)c2)cc1. The zero-order valence-electron chi connectivity index (χ0n) is 13.9. The van der Waals surface area contributed by atoms with Crippen molar-refractivity contribution in [3.8, 4) is 11.1 Å². The standard InChI is InChI=1S/C19H22Cl2N2O/c1-3-18(22-2)19(24)23-11-10-13-4-6-14(7-5-13)15-8-9-16(20)17(21)12-15/h4-9,12,18,22H,3,10-11H2,1-2H3,(H,23,24)/t18-/m0/s1. The van der Waals surface area contributed by atoms with Crippen LogP contribution in [0.3, 0.4) is 0 Å². The average Bonchev–Trinajstić information content (AvgIpc) is 2.59. The first kappa shape index (κ1) is 18.8. The van der Waals surface area contributed by atoms with E-state index in [9.17, 15) is 4.79 Å². The predicted molar refractivity (Wildman–Crippen MR) is 102 cm³/mol. The van der Waals surface area contributed by atoms with Crippen molar-refractivity contribution < 1.29 is 4.79 Å². The molecule has 0 heterocycles. The van der Waals surface area contributed by atoms with Crippen molar-refractivity contribution in [2.45, 2.75) is 25.8 Å². The van der Waals surface area contributed by atoms with E-state index in [-0.39, 0.29) is 11.9 Å². The van der Waals surface area contributed by atoms with Crippen LogP contribution < -0.4 is 10.6 Å².